The molecule has 0 spiro atoms. The van der Waals surface area contributed by atoms with E-state index < -0.39 is 15.9 Å². The Hall–Kier alpha value is -2.42. The topological polar surface area (TPSA) is 95.6 Å². The molecule has 1 aliphatic rings. The van der Waals surface area contributed by atoms with Crippen LogP contribution >= 0.6 is 11.6 Å². The average Bonchev–Trinajstić information content (AvgIpc) is 2.79. The molecule has 2 N–H and O–H groups in total. The molecule has 32 heavy (non-hydrogen) atoms. The lowest BCUT2D eigenvalue weighted by Gasteiger charge is -2.26. The SMILES string of the molecule is CCC(C)NC(=O)c1ccccc1NC(=O)c1cc(S(=O)(=O)N2CCCCC2)ccc1Cl. The summed E-state index contributed by atoms with van der Waals surface area (Å²) in [5, 5.41) is 5.71. The number of hydrogen-bond acceptors (Lipinski definition) is 4. The van der Waals surface area contributed by atoms with Gasteiger partial charge in [0.25, 0.3) is 11.8 Å². The van der Waals surface area contributed by atoms with Crippen LogP contribution in [0, 0.1) is 0 Å². The van der Waals surface area contributed by atoms with Crippen molar-refractivity contribution in [2.75, 3.05) is 18.4 Å². The second-order valence-electron chi connectivity index (χ2n) is 7.89. The lowest BCUT2D eigenvalue weighted by molar-refractivity contribution is 0.0940. The van der Waals surface area contributed by atoms with Gasteiger partial charge in [0, 0.05) is 19.1 Å². The number of para-hydroxylation sites is 1. The van der Waals surface area contributed by atoms with Crippen LogP contribution in [0.4, 0.5) is 5.69 Å². The summed E-state index contributed by atoms with van der Waals surface area (Å²) in [6, 6.07) is 10.7. The Kier molecular flexibility index (Phi) is 7.92. The highest BCUT2D eigenvalue weighted by Crippen LogP contribution is 2.26. The molecule has 0 bridgehead atoms. The van der Waals surface area contributed by atoms with E-state index in [1.165, 1.54) is 22.5 Å². The van der Waals surface area contributed by atoms with Crippen LogP contribution in [0.25, 0.3) is 0 Å². The molecule has 2 aromatic rings. The molecule has 1 fully saturated rings. The number of benzene rings is 2. The summed E-state index contributed by atoms with van der Waals surface area (Å²) in [6.45, 7) is 4.79. The monoisotopic (exact) mass is 477 g/mol. The minimum Gasteiger partial charge on any atom is -0.350 e. The first kappa shape index (κ1) is 24.2. The van der Waals surface area contributed by atoms with Gasteiger partial charge in [-0.25, -0.2) is 8.42 Å². The number of carbonyl (C=O) groups is 2. The number of halogens is 1. The fraction of sp³-hybridized carbons (Fsp3) is 0.391. The Morgan fingerprint density at radius 2 is 1.72 bits per heavy atom. The van der Waals surface area contributed by atoms with E-state index in [-0.39, 0.29) is 27.4 Å². The van der Waals surface area contributed by atoms with Gasteiger partial charge >= 0.3 is 0 Å². The fourth-order valence-electron chi connectivity index (χ4n) is 3.48. The Bertz CT molecular complexity index is 1100. The predicted octanol–water partition coefficient (Wildman–Crippen LogP) is 4.30. The van der Waals surface area contributed by atoms with E-state index in [4.69, 9.17) is 11.6 Å². The van der Waals surface area contributed by atoms with Crippen LogP contribution in [0.1, 0.15) is 60.2 Å². The predicted molar refractivity (Wildman–Crippen MR) is 126 cm³/mol. The van der Waals surface area contributed by atoms with Gasteiger partial charge < -0.3 is 10.6 Å². The second-order valence-corrected chi connectivity index (χ2v) is 10.2. The summed E-state index contributed by atoms with van der Waals surface area (Å²) >= 11 is 6.23. The van der Waals surface area contributed by atoms with Gasteiger partial charge in [-0.05, 0) is 56.5 Å². The molecular formula is C23H28ClN3O4S. The standard InChI is InChI=1S/C23H28ClN3O4S/c1-3-16(2)25-22(28)18-9-5-6-10-21(18)26-23(29)19-15-17(11-12-20(19)24)32(30,31)27-13-7-4-8-14-27/h5-6,9-12,15-16H,3-4,7-8,13-14H2,1-2H3,(H,25,28)(H,26,29). The molecule has 2 amide bonds. The summed E-state index contributed by atoms with van der Waals surface area (Å²) in [5.74, 6) is -0.891. The van der Waals surface area contributed by atoms with Crippen molar-refractivity contribution < 1.29 is 18.0 Å². The zero-order chi connectivity index (χ0) is 23.3. The maximum Gasteiger partial charge on any atom is 0.257 e. The number of nitrogens with zero attached hydrogens (tertiary/aromatic N) is 1. The van der Waals surface area contributed by atoms with E-state index in [0.717, 1.165) is 25.7 Å². The average molecular weight is 478 g/mol. The quantitative estimate of drug-likeness (QED) is 0.621. The zero-order valence-corrected chi connectivity index (χ0v) is 19.8. The third-order valence-corrected chi connectivity index (χ3v) is 7.77. The van der Waals surface area contributed by atoms with E-state index >= 15 is 0 Å². The van der Waals surface area contributed by atoms with Crippen molar-refractivity contribution in [2.24, 2.45) is 0 Å². The zero-order valence-electron chi connectivity index (χ0n) is 18.2. The van der Waals surface area contributed by atoms with Gasteiger partial charge in [-0.2, -0.15) is 4.31 Å². The molecule has 1 saturated heterocycles. The third kappa shape index (κ3) is 5.49. The molecule has 0 radical (unpaired) electrons. The smallest absolute Gasteiger partial charge is 0.257 e. The Labute approximate surface area is 194 Å². The van der Waals surface area contributed by atoms with Gasteiger partial charge in [0.2, 0.25) is 10.0 Å². The number of rotatable bonds is 7. The molecule has 0 aliphatic carbocycles. The third-order valence-electron chi connectivity index (χ3n) is 5.55. The van der Waals surface area contributed by atoms with Gasteiger partial charge in [-0.1, -0.05) is 37.1 Å². The normalized spacial score (nSPS) is 15.7. The fourth-order valence-corrected chi connectivity index (χ4v) is 5.22. The number of anilines is 1. The van der Waals surface area contributed by atoms with Crippen LogP contribution < -0.4 is 10.6 Å². The van der Waals surface area contributed by atoms with Gasteiger partial charge in [0.05, 0.1) is 26.7 Å². The molecule has 7 nitrogen and oxygen atoms in total. The number of hydrogen-bond donors (Lipinski definition) is 2. The maximum absolute atomic E-state index is 13.0. The molecule has 1 heterocycles. The molecule has 9 heteroatoms. The largest absolute Gasteiger partial charge is 0.350 e. The van der Waals surface area contributed by atoms with Crippen molar-refractivity contribution in [3.63, 3.8) is 0 Å². The number of amides is 2. The minimum absolute atomic E-state index is 0.0163. The van der Waals surface area contributed by atoms with Crippen molar-refractivity contribution in [3.05, 3.63) is 58.6 Å². The molecule has 172 valence electrons. The van der Waals surface area contributed by atoms with Gasteiger partial charge in [-0.3, -0.25) is 9.59 Å². The van der Waals surface area contributed by atoms with Crippen molar-refractivity contribution in [1.82, 2.24) is 9.62 Å². The minimum atomic E-state index is -3.72. The Morgan fingerprint density at radius 1 is 1.03 bits per heavy atom. The first-order valence-corrected chi connectivity index (χ1v) is 12.6. The summed E-state index contributed by atoms with van der Waals surface area (Å²) in [4.78, 5) is 25.6. The van der Waals surface area contributed by atoms with Gasteiger partial charge in [0.15, 0.2) is 0 Å². The van der Waals surface area contributed by atoms with Crippen LogP contribution in [0.2, 0.25) is 5.02 Å². The van der Waals surface area contributed by atoms with Crippen molar-refractivity contribution in [1.29, 1.82) is 0 Å². The Balaban J connectivity index is 1.86. The number of carbonyl (C=O) groups excluding carboxylic acids is 2. The number of sulfonamides is 1. The molecule has 2 aromatic carbocycles. The lowest BCUT2D eigenvalue weighted by Crippen LogP contribution is -2.35. The van der Waals surface area contributed by atoms with E-state index in [1.807, 2.05) is 13.8 Å². The number of piperidine rings is 1. The summed E-state index contributed by atoms with van der Waals surface area (Å²) < 4.78 is 27.4. The van der Waals surface area contributed by atoms with E-state index in [0.29, 0.717) is 24.3 Å². The van der Waals surface area contributed by atoms with Crippen LogP contribution in [0.3, 0.4) is 0 Å². The molecular weight excluding hydrogens is 450 g/mol. The Morgan fingerprint density at radius 3 is 2.41 bits per heavy atom. The summed E-state index contributed by atoms with van der Waals surface area (Å²) in [7, 11) is -3.72. The molecule has 0 saturated carbocycles. The van der Waals surface area contributed by atoms with Gasteiger partial charge in [0.1, 0.15) is 0 Å². The summed E-state index contributed by atoms with van der Waals surface area (Å²) in [6.07, 6.45) is 3.41. The molecule has 1 unspecified atom stereocenters. The first-order chi connectivity index (χ1) is 15.2. The summed E-state index contributed by atoms with van der Waals surface area (Å²) in [5.41, 5.74) is 0.662. The van der Waals surface area contributed by atoms with E-state index in [1.54, 1.807) is 24.3 Å². The lowest BCUT2D eigenvalue weighted by atomic mass is 10.1. The van der Waals surface area contributed by atoms with Crippen molar-refractivity contribution in [3.8, 4) is 0 Å². The van der Waals surface area contributed by atoms with Crippen LogP contribution in [-0.2, 0) is 10.0 Å². The molecule has 1 atom stereocenters. The highest BCUT2D eigenvalue weighted by atomic mass is 35.5. The van der Waals surface area contributed by atoms with Crippen LogP contribution in [0.5, 0.6) is 0 Å². The second kappa shape index (κ2) is 10.5. The molecule has 1 aliphatic heterocycles. The van der Waals surface area contributed by atoms with Crippen molar-refractivity contribution in [2.45, 2.75) is 50.5 Å². The highest BCUT2D eigenvalue weighted by Gasteiger charge is 2.27. The number of nitrogens with one attached hydrogen (secondary N) is 2. The van der Waals surface area contributed by atoms with E-state index in [2.05, 4.69) is 10.6 Å². The highest BCUT2D eigenvalue weighted by molar-refractivity contribution is 7.89. The maximum atomic E-state index is 13.0. The van der Waals surface area contributed by atoms with Gasteiger partial charge in [-0.15, -0.1) is 0 Å². The first-order valence-electron chi connectivity index (χ1n) is 10.7. The van der Waals surface area contributed by atoms with Crippen LogP contribution in [-0.4, -0.2) is 43.7 Å². The van der Waals surface area contributed by atoms with E-state index in [9.17, 15) is 18.0 Å². The molecule has 3 rings (SSSR count). The molecule has 0 aromatic heterocycles. The van der Waals surface area contributed by atoms with Crippen LogP contribution in [0.15, 0.2) is 47.4 Å². The van der Waals surface area contributed by atoms with Crippen molar-refractivity contribution >= 4 is 39.1 Å².